The summed E-state index contributed by atoms with van der Waals surface area (Å²) >= 11 is 0. The third-order valence-corrected chi connectivity index (χ3v) is 1.26. The van der Waals surface area contributed by atoms with Crippen LogP contribution in [0.15, 0.2) is 0 Å². The fourth-order valence-corrected chi connectivity index (χ4v) is 0.605. The highest BCUT2D eigenvalue weighted by atomic mass is 32.2. The Labute approximate surface area is 47.9 Å². The monoisotopic (exact) mass is 139 g/mol. The van der Waals surface area contributed by atoms with Gasteiger partial charge in [-0.1, -0.05) is 0 Å². The third-order valence-electron chi connectivity index (χ3n) is 0.505. The molecule has 5 heteroatoms. The van der Waals surface area contributed by atoms with Crippen molar-refractivity contribution < 1.29 is 18.1 Å². The van der Waals surface area contributed by atoms with Gasteiger partial charge in [-0.05, 0) is 6.42 Å². The maximum absolute atomic E-state index is 9.81. The van der Waals surface area contributed by atoms with Crippen molar-refractivity contribution in [1.82, 2.24) is 0 Å². The van der Waals surface area contributed by atoms with Crippen molar-refractivity contribution in [3.63, 3.8) is 0 Å². The van der Waals surface area contributed by atoms with E-state index in [4.69, 9.17) is 9.66 Å². The second-order valence-electron chi connectivity index (χ2n) is 1.26. The first-order chi connectivity index (χ1) is 3.56. The molecule has 0 heterocycles. The third kappa shape index (κ3) is 5.87. The molecule has 49 valence electrons. The standard InChI is InChI=1S/C3H7O4S/c4-2-1-3-8(5,6)7/h2,4H,1,3H2,(H,5,6,7). The van der Waals surface area contributed by atoms with Crippen molar-refractivity contribution in [1.29, 1.82) is 0 Å². The van der Waals surface area contributed by atoms with E-state index >= 15 is 0 Å². The lowest BCUT2D eigenvalue weighted by molar-refractivity contribution is 0.378. The van der Waals surface area contributed by atoms with Gasteiger partial charge in [0, 0.05) is 0 Å². The van der Waals surface area contributed by atoms with Crippen LogP contribution >= 0.6 is 0 Å². The average Bonchev–Trinajstić information content (AvgIpc) is 1.59. The van der Waals surface area contributed by atoms with Crippen LogP contribution in [0, 0.1) is 6.61 Å². The summed E-state index contributed by atoms with van der Waals surface area (Å²) in [7, 11) is -3.88. The molecule has 1 radical (unpaired) electrons. The molecule has 4 nitrogen and oxygen atoms in total. The second kappa shape index (κ2) is 3.01. The van der Waals surface area contributed by atoms with Crippen LogP contribution in [0.2, 0.25) is 0 Å². The Morgan fingerprint density at radius 2 is 2.00 bits per heavy atom. The molecule has 0 atom stereocenters. The molecule has 0 aromatic carbocycles. The maximum atomic E-state index is 9.81. The van der Waals surface area contributed by atoms with Crippen molar-refractivity contribution in [2.24, 2.45) is 0 Å². The zero-order valence-corrected chi connectivity index (χ0v) is 4.93. The first-order valence-electron chi connectivity index (χ1n) is 1.97. The minimum absolute atomic E-state index is 0.0289. The van der Waals surface area contributed by atoms with Gasteiger partial charge >= 0.3 is 0 Å². The Morgan fingerprint density at radius 3 is 2.12 bits per heavy atom. The quantitative estimate of drug-likeness (QED) is 0.531. The molecule has 0 rings (SSSR count). The van der Waals surface area contributed by atoms with Gasteiger partial charge in [0.15, 0.2) is 0 Å². The fraction of sp³-hybridized carbons (Fsp3) is 0.667. The molecule has 0 aromatic heterocycles. The predicted molar refractivity (Wildman–Crippen MR) is 27.3 cm³/mol. The highest BCUT2D eigenvalue weighted by Gasteiger charge is 2.01. The lowest BCUT2D eigenvalue weighted by Crippen LogP contribution is -2.03. The van der Waals surface area contributed by atoms with Crippen LogP contribution < -0.4 is 0 Å². The Kier molecular flexibility index (Phi) is 2.96. The minimum atomic E-state index is -3.88. The summed E-state index contributed by atoms with van der Waals surface area (Å²) in [6.45, 7) is 0.688. The first kappa shape index (κ1) is 7.87. The van der Waals surface area contributed by atoms with E-state index in [0.29, 0.717) is 6.61 Å². The van der Waals surface area contributed by atoms with Crippen LogP contribution in [-0.2, 0) is 10.1 Å². The summed E-state index contributed by atoms with van der Waals surface area (Å²) in [5, 5.41) is 7.93. The van der Waals surface area contributed by atoms with Gasteiger partial charge in [0.2, 0.25) is 0 Å². The SMILES string of the molecule is O=S(=O)(O)CC[CH]O. The van der Waals surface area contributed by atoms with Gasteiger partial charge in [-0.2, -0.15) is 8.42 Å². The summed E-state index contributed by atoms with van der Waals surface area (Å²) < 4.78 is 27.6. The number of hydrogen-bond donors (Lipinski definition) is 2. The first-order valence-corrected chi connectivity index (χ1v) is 3.58. The highest BCUT2D eigenvalue weighted by molar-refractivity contribution is 7.85. The number of aliphatic hydroxyl groups excluding tert-OH is 1. The molecule has 0 saturated carbocycles. The summed E-state index contributed by atoms with van der Waals surface area (Å²) in [6, 6.07) is 0. The zero-order chi connectivity index (χ0) is 6.62. The Hall–Kier alpha value is -0.130. The molecule has 0 aliphatic heterocycles. The van der Waals surface area contributed by atoms with E-state index in [1.165, 1.54) is 0 Å². The molecule has 0 unspecified atom stereocenters. The van der Waals surface area contributed by atoms with Gasteiger partial charge in [0.1, 0.15) is 0 Å². The van der Waals surface area contributed by atoms with Crippen LogP contribution in [0.5, 0.6) is 0 Å². The summed E-state index contributed by atoms with van der Waals surface area (Å²) in [5.74, 6) is -0.413. The van der Waals surface area contributed by atoms with E-state index in [2.05, 4.69) is 0 Å². The van der Waals surface area contributed by atoms with Crippen molar-refractivity contribution >= 4 is 10.1 Å². The van der Waals surface area contributed by atoms with E-state index in [1.807, 2.05) is 0 Å². The van der Waals surface area contributed by atoms with Gasteiger partial charge in [0.25, 0.3) is 10.1 Å². The zero-order valence-electron chi connectivity index (χ0n) is 4.11. The normalized spacial score (nSPS) is 11.8. The highest BCUT2D eigenvalue weighted by Crippen LogP contribution is 1.87. The molecule has 2 N–H and O–H groups in total. The van der Waals surface area contributed by atoms with E-state index in [0.717, 1.165) is 0 Å². The minimum Gasteiger partial charge on any atom is -0.390 e. The van der Waals surface area contributed by atoms with Crippen LogP contribution in [0.3, 0.4) is 0 Å². The molecule has 0 aliphatic carbocycles. The van der Waals surface area contributed by atoms with E-state index in [9.17, 15) is 8.42 Å². The van der Waals surface area contributed by atoms with E-state index in [-0.39, 0.29) is 6.42 Å². The van der Waals surface area contributed by atoms with Gasteiger partial charge < -0.3 is 5.11 Å². The number of aliphatic hydroxyl groups is 1. The lowest BCUT2D eigenvalue weighted by atomic mass is 10.5. The van der Waals surface area contributed by atoms with Gasteiger partial charge in [-0.15, -0.1) is 0 Å². The Morgan fingerprint density at radius 1 is 1.50 bits per heavy atom. The summed E-state index contributed by atoms with van der Waals surface area (Å²) in [5.41, 5.74) is 0. The van der Waals surface area contributed by atoms with Crippen LogP contribution in [-0.4, -0.2) is 23.8 Å². The van der Waals surface area contributed by atoms with Crippen molar-refractivity contribution in [3.8, 4) is 0 Å². The van der Waals surface area contributed by atoms with E-state index in [1.54, 1.807) is 0 Å². The van der Waals surface area contributed by atoms with Crippen molar-refractivity contribution in [2.75, 3.05) is 5.75 Å². The van der Waals surface area contributed by atoms with E-state index < -0.39 is 15.9 Å². The van der Waals surface area contributed by atoms with Crippen molar-refractivity contribution in [3.05, 3.63) is 6.61 Å². The fourth-order valence-electron chi connectivity index (χ4n) is 0.202. The smallest absolute Gasteiger partial charge is 0.264 e. The van der Waals surface area contributed by atoms with Crippen LogP contribution in [0.1, 0.15) is 6.42 Å². The molecule has 8 heavy (non-hydrogen) atoms. The summed E-state index contributed by atoms with van der Waals surface area (Å²) in [4.78, 5) is 0. The molecule has 0 fully saturated rings. The van der Waals surface area contributed by atoms with Crippen LogP contribution in [0.25, 0.3) is 0 Å². The molecule has 0 aromatic rings. The summed E-state index contributed by atoms with van der Waals surface area (Å²) in [6.07, 6.45) is -0.0289. The van der Waals surface area contributed by atoms with Gasteiger partial charge in [-0.25, -0.2) is 0 Å². The van der Waals surface area contributed by atoms with Crippen molar-refractivity contribution in [2.45, 2.75) is 6.42 Å². The Bertz CT molecular complexity index is 135. The average molecular weight is 139 g/mol. The molecule has 0 aliphatic rings. The second-order valence-corrected chi connectivity index (χ2v) is 2.83. The molecule has 0 bridgehead atoms. The van der Waals surface area contributed by atoms with Crippen LogP contribution in [0.4, 0.5) is 0 Å². The maximum Gasteiger partial charge on any atom is 0.264 e. The number of hydrogen-bond acceptors (Lipinski definition) is 3. The molecule has 0 spiro atoms. The predicted octanol–water partition coefficient (Wildman–Crippen LogP) is -0.201. The van der Waals surface area contributed by atoms with Gasteiger partial charge in [-0.3, -0.25) is 4.55 Å². The molecular formula is C3H7O4S. The van der Waals surface area contributed by atoms with Gasteiger partial charge in [0.05, 0.1) is 12.4 Å². The number of rotatable bonds is 3. The molecule has 0 saturated heterocycles. The lowest BCUT2D eigenvalue weighted by Gasteiger charge is -1.89. The largest absolute Gasteiger partial charge is 0.390 e. The molecular weight excluding hydrogens is 132 g/mol. The Balaban J connectivity index is 3.42. The molecule has 0 amide bonds. The topological polar surface area (TPSA) is 74.6 Å².